The van der Waals surface area contributed by atoms with Gasteiger partial charge in [-0.05, 0) is 40.8 Å². The fraction of sp³-hybridized carbons (Fsp3) is 0.333. The molecule has 6 nitrogen and oxygen atoms in total. The van der Waals surface area contributed by atoms with Crippen molar-refractivity contribution in [3.8, 4) is 0 Å². The lowest BCUT2D eigenvalue weighted by Crippen LogP contribution is -2.24. The van der Waals surface area contributed by atoms with Crippen LogP contribution in [0.3, 0.4) is 0 Å². The number of aromatic nitrogens is 3. The molecule has 9 heteroatoms. The molecule has 0 atom stereocenters. The Hall–Kier alpha value is -2.23. The number of nitrogens with zero attached hydrogens (tertiary/aromatic N) is 3. The highest BCUT2D eigenvalue weighted by Crippen LogP contribution is 2.25. The Morgan fingerprint density at radius 3 is 2.27 bits per heavy atom. The van der Waals surface area contributed by atoms with Crippen molar-refractivity contribution in [1.82, 2.24) is 19.5 Å². The first-order chi connectivity index (χ1) is 14.1. The maximum absolute atomic E-state index is 13.0. The van der Waals surface area contributed by atoms with Gasteiger partial charge in [0.1, 0.15) is 11.6 Å². The van der Waals surface area contributed by atoms with Gasteiger partial charge in [0.15, 0.2) is 5.16 Å². The van der Waals surface area contributed by atoms with Crippen molar-refractivity contribution < 1.29 is 12.8 Å². The van der Waals surface area contributed by atoms with Gasteiger partial charge in [0.05, 0.1) is 11.4 Å². The molecule has 0 aliphatic heterocycles. The number of halogens is 1. The predicted octanol–water partition coefficient (Wildman–Crippen LogP) is 4.02. The molecule has 1 aromatic heterocycles. The van der Waals surface area contributed by atoms with E-state index in [2.05, 4.69) is 60.0 Å². The standard InChI is InChI=1S/C21H25FN4O2S2/c1-21(2,3)16-7-5-15(6-8-16)14-29-20-25-24-19(26(20)4)13-23-30(27,28)18-11-9-17(22)10-12-18/h5-12,23H,13-14H2,1-4H3. The quantitative estimate of drug-likeness (QED) is 0.553. The van der Waals surface area contributed by atoms with E-state index < -0.39 is 15.8 Å². The summed E-state index contributed by atoms with van der Waals surface area (Å²) in [6.07, 6.45) is 0. The molecule has 1 heterocycles. The molecular formula is C21H25FN4O2S2. The molecular weight excluding hydrogens is 423 g/mol. The van der Waals surface area contributed by atoms with Crippen molar-refractivity contribution in [3.05, 3.63) is 71.3 Å². The summed E-state index contributed by atoms with van der Waals surface area (Å²) in [7, 11) is -1.96. The summed E-state index contributed by atoms with van der Waals surface area (Å²) in [6, 6.07) is 13.2. The van der Waals surface area contributed by atoms with Crippen molar-refractivity contribution in [2.75, 3.05) is 0 Å². The van der Waals surface area contributed by atoms with Gasteiger partial charge in [0.2, 0.25) is 10.0 Å². The Balaban J connectivity index is 1.61. The van der Waals surface area contributed by atoms with Gasteiger partial charge < -0.3 is 4.57 Å². The third-order valence-electron chi connectivity index (χ3n) is 4.66. The van der Waals surface area contributed by atoms with Crippen LogP contribution in [-0.2, 0) is 34.8 Å². The summed E-state index contributed by atoms with van der Waals surface area (Å²) in [4.78, 5) is -0.000583. The molecule has 0 saturated carbocycles. The molecule has 0 bridgehead atoms. The first-order valence-corrected chi connectivity index (χ1v) is 11.9. The van der Waals surface area contributed by atoms with Gasteiger partial charge in [-0.1, -0.05) is 56.8 Å². The van der Waals surface area contributed by atoms with E-state index in [-0.39, 0.29) is 16.9 Å². The minimum atomic E-state index is -3.76. The lowest BCUT2D eigenvalue weighted by molar-refractivity contribution is 0.575. The number of thioether (sulfide) groups is 1. The minimum Gasteiger partial charge on any atom is -0.308 e. The summed E-state index contributed by atoms with van der Waals surface area (Å²) >= 11 is 1.54. The second-order valence-electron chi connectivity index (χ2n) is 7.97. The number of hydrogen-bond donors (Lipinski definition) is 1. The fourth-order valence-corrected chi connectivity index (χ4v) is 4.60. The van der Waals surface area contributed by atoms with Crippen LogP contribution in [-0.4, -0.2) is 23.2 Å². The zero-order valence-electron chi connectivity index (χ0n) is 17.4. The third-order valence-corrected chi connectivity index (χ3v) is 7.17. The van der Waals surface area contributed by atoms with E-state index >= 15 is 0 Å². The van der Waals surface area contributed by atoms with E-state index in [0.29, 0.717) is 11.0 Å². The van der Waals surface area contributed by atoms with E-state index in [1.54, 1.807) is 11.6 Å². The second kappa shape index (κ2) is 8.87. The monoisotopic (exact) mass is 448 g/mol. The van der Waals surface area contributed by atoms with Gasteiger partial charge in [0, 0.05) is 12.8 Å². The van der Waals surface area contributed by atoms with Gasteiger partial charge in [-0.2, -0.15) is 0 Å². The Morgan fingerprint density at radius 2 is 1.67 bits per heavy atom. The fourth-order valence-electron chi connectivity index (χ4n) is 2.73. The summed E-state index contributed by atoms with van der Waals surface area (Å²) in [5.41, 5.74) is 2.57. The van der Waals surface area contributed by atoms with Gasteiger partial charge in [-0.3, -0.25) is 0 Å². The van der Waals surface area contributed by atoms with Crippen LogP contribution in [0.5, 0.6) is 0 Å². The molecule has 2 aromatic carbocycles. The lowest BCUT2D eigenvalue weighted by Gasteiger charge is -2.19. The summed E-state index contributed by atoms with van der Waals surface area (Å²) in [6.45, 7) is 6.54. The minimum absolute atomic E-state index is 0.000583. The molecule has 0 fully saturated rings. The maximum atomic E-state index is 13.0. The Morgan fingerprint density at radius 1 is 1.03 bits per heavy atom. The van der Waals surface area contributed by atoms with Gasteiger partial charge in [-0.25, -0.2) is 17.5 Å². The van der Waals surface area contributed by atoms with Crippen molar-refractivity contribution in [2.24, 2.45) is 7.05 Å². The first-order valence-electron chi connectivity index (χ1n) is 9.42. The van der Waals surface area contributed by atoms with Crippen LogP contribution < -0.4 is 4.72 Å². The molecule has 0 unspecified atom stereocenters. The third kappa shape index (κ3) is 5.47. The van der Waals surface area contributed by atoms with Gasteiger partial charge >= 0.3 is 0 Å². The largest absolute Gasteiger partial charge is 0.308 e. The number of nitrogens with one attached hydrogen (secondary N) is 1. The van der Waals surface area contributed by atoms with E-state index in [0.717, 1.165) is 17.9 Å². The normalized spacial score (nSPS) is 12.3. The van der Waals surface area contributed by atoms with Crippen molar-refractivity contribution in [1.29, 1.82) is 0 Å². The SMILES string of the molecule is Cn1c(CNS(=O)(=O)c2ccc(F)cc2)nnc1SCc1ccc(C(C)(C)C)cc1. The molecule has 0 aliphatic carbocycles. The zero-order chi connectivity index (χ0) is 21.9. The molecule has 160 valence electrons. The van der Waals surface area contributed by atoms with Crippen molar-refractivity contribution >= 4 is 21.8 Å². The van der Waals surface area contributed by atoms with Crippen LogP contribution >= 0.6 is 11.8 Å². The summed E-state index contributed by atoms with van der Waals surface area (Å²) in [5, 5.41) is 8.95. The molecule has 0 amide bonds. The molecule has 3 rings (SSSR count). The van der Waals surface area contributed by atoms with E-state index in [1.807, 2.05) is 0 Å². The molecule has 0 saturated heterocycles. The van der Waals surface area contributed by atoms with E-state index in [1.165, 1.54) is 35.0 Å². The maximum Gasteiger partial charge on any atom is 0.240 e. The highest BCUT2D eigenvalue weighted by atomic mass is 32.2. The Bertz CT molecular complexity index is 1100. The van der Waals surface area contributed by atoms with Crippen LogP contribution in [0.25, 0.3) is 0 Å². The lowest BCUT2D eigenvalue weighted by atomic mass is 9.87. The average Bonchev–Trinajstić information content (AvgIpc) is 3.04. The van der Waals surface area contributed by atoms with Gasteiger partial charge in [0.25, 0.3) is 0 Å². The second-order valence-corrected chi connectivity index (χ2v) is 10.7. The predicted molar refractivity (Wildman–Crippen MR) is 116 cm³/mol. The average molecular weight is 449 g/mol. The van der Waals surface area contributed by atoms with E-state index in [9.17, 15) is 12.8 Å². The summed E-state index contributed by atoms with van der Waals surface area (Å²) < 4.78 is 41.9. The van der Waals surface area contributed by atoms with Crippen LogP contribution in [0.15, 0.2) is 58.6 Å². The number of hydrogen-bond acceptors (Lipinski definition) is 5. The topological polar surface area (TPSA) is 76.9 Å². The van der Waals surface area contributed by atoms with Crippen LogP contribution in [0.2, 0.25) is 0 Å². The zero-order valence-corrected chi connectivity index (χ0v) is 19.0. The molecule has 1 N–H and O–H groups in total. The number of benzene rings is 2. The summed E-state index contributed by atoms with van der Waals surface area (Å²) in [5.74, 6) is 0.737. The highest BCUT2D eigenvalue weighted by molar-refractivity contribution is 7.98. The van der Waals surface area contributed by atoms with Gasteiger partial charge in [-0.15, -0.1) is 10.2 Å². The molecule has 0 spiro atoms. The van der Waals surface area contributed by atoms with Crippen LogP contribution in [0.1, 0.15) is 37.7 Å². The molecule has 0 aliphatic rings. The molecule has 3 aromatic rings. The number of rotatable bonds is 7. The Kier molecular flexibility index (Phi) is 6.64. The van der Waals surface area contributed by atoms with Crippen LogP contribution in [0.4, 0.5) is 4.39 Å². The highest BCUT2D eigenvalue weighted by Gasteiger charge is 2.17. The Labute approximate surface area is 181 Å². The smallest absolute Gasteiger partial charge is 0.240 e. The number of sulfonamides is 1. The van der Waals surface area contributed by atoms with E-state index in [4.69, 9.17) is 0 Å². The van der Waals surface area contributed by atoms with Crippen molar-refractivity contribution in [2.45, 2.75) is 48.5 Å². The molecule has 0 radical (unpaired) electrons. The van der Waals surface area contributed by atoms with Crippen molar-refractivity contribution in [3.63, 3.8) is 0 Å². The van der Waals surface area contributed by atoms with Crippen LogP contribution in [0, 0.1) is 5.82 Å². The first kappa shape index (κ1) is 22.5. The molecule has 30 heavy (non-hydrogen) atoms.